The van der Waals surface area contributed by atoms with Gasteiger partial charge in [-0.25, -0.2) is 4.68 Å². The van der Waals surface area contributed by atoms with Gasteiger partial charge in [-0.2, -0.15) is 5.10 Å². The quantitative estimate of drug-likeness (QED) is 0.900. The highest BCUT2D eigenvalue weighted by atomic mass is 15.3. The van der Waals surface area contributed by atoms with Crippen molar-refractivity contribution >= 4 is 0 Å². The lowest BCUT2D eigenvalue weighted by atomic mass is 9.90. The van der Waals surface area contributed by atoms with Gasteiger partial charge in [-0.05, 0) is 31.5 Å². The molecule has 0 atom stereocenters. The highest BCUT2D eigenvalue weighted by Crippen LogP contribution is 2.22. The van der Waals surface area contributed by atoms with Gasteiger partial charge >= 0.3 is 0 Å². The Balaban J connectivity index is 2.41. The number of nitrogens with two attached hydrogens (primary N) is 1. The average molecular weight is 243 g/mol. The van der Waals surface area contributed by atoms with E-state index in [2.05, 4.69) is 51.0 Å². The Morgan fingerprint density at radius 3 is 2.56 bits per heavy atom. The van der Waals surface area contributed by atoms with Crippen molar-refractivity contribution in [3.8, 4) is 5.69 Å². The summed E-state index contributed by atoms with van der Waals surface area (Å²) in [6, 6.07) is 8.44. The zero-order valence-corrected chi connectivity index (χ0v) is 11.6. The maximum atomic E-state index is 5.79. The first kappa shape index (κ1) is 12.8. The third-order valence-corrected chi connectivity index (χ3v) is 3.39. The first-order valence-corrected chi connectivity index (χ1v) is 6.28. The van der Waals surface area contributed by atoms with Crippen LogP contribution in [0.3, 0.4) is 0 Å². The average Bonchev–Trinajstić information content (AvgIpc) is 2.79. The Bertz CT molecular complexity index is 553. The van der Waals surface area contributed by atoms with E-state index in [0.29, 0.717) is 6.54 Å². The van der Waals surface area contributed by atoms with Crippen LogP contribution in [0, 0.1) is 13.8 Å². The van der Waals surface area contributed by atoms with E-state index in [1.165, 1.54) is 11.1 Å². The third-order valence-electron chi connectivity index (χ3n) is 3.39. The number of benzene rings is 1. The predicted molar refractivity (Wildman–Crippen MR) is 75.1 cm³/mol. The normalized spacial score (nSPS) is 11.8. The molecule has 1 aromatic carbocycles. The van der Waals surface area contributed by atoms with Crippen LogP contribution < -0.4 is 5.73 Å². The van der Waals surface area contributed by atoms with Gasteiger partial charge in [0.1, 0.15) is 0 Å². The van der Waals surface area contributed by atoms with Crippen molar-refractivity contribution in [3.05, 3.63) is 47.3 Å². The number of hydrogen-bond acceptors (Lipinski definition) is 2. The summed E-state index contributed by atoms with van der Waals surface area (Å²) in [5.41, 5.74) is 10.4. The largest absolute Gasteiger partial charge is 0.330 e. The zero-order valence-electron chi connectivity index (χ0n) is 11.6. The van der Waals surface area contributed by atoms with Crippen LogP contribution in [0.25, 0.3) is 5.69 Å². The van der Waals surface area contributed by atoms with E-state index in [1.807, 2.05) is 16.9 Å². The van der Waals surface area contributed by atoms with E-state index in [1.54, 1.807) is 0 Å². The van der Waals surface area contributed by atoms with Crippen LogP contribution >= 0.6 is 0 Å². The predicted octanol–water partition coefficient (Wildman–Crippen LogP) is 2.73. The van der Waals surface area contributed by atoms with Gasteiger partial charge < -0.3 is 5.73 Å². The molecule has 2 N–H and O–H groups in total. The van der Waals surface area contributed by atoms with Crippen molar-refractivity contribution in [2.45, 2.75) is 33.1 Å². The molecule has 0 spiro atoms. The maximum Gasteiger partial charge on any atom is 0.0697 e. The van der Waals surface area contributed by atoms with E-state index in [9.17, 15) is 0 Å². The highest BCUT2D eigenvalue weighted by molar-refractivity contribution is 5.42. The second-order valence-corrected chi connectivity index (χ2v) is 5.52. The minimum Gasteiger partial charge on any atom is -0.330 e. The minimum atomic E-state index is -0.0795. The van der Waals surface area contributed by atoms with Gasteiger partial charge in [0.15, 0.2) is 0 Å². The lowest BCUT2D eigenvalue weighted by Crippen LogP contribution is -2.28. The topological polar surface area (TPSA) is 43.8 Å². The van der Waals surface area contributed by atoms with Gasteiger partial charge in [0.2, 0.25) is 0 Å². The molecule has 0 aliphatic carbocycles. The Morgan fingerprint density at radius 2 is 1.94 bits per heavy atom. The van der Waals surface area contributed by atoms with Crippen molar-refractivity contribution < 1.29 is 0 Å². The minimum absolute atomic E-state index is 0.0795. The number of aryl methyl sites for hydroxylation is 2. The Morgan fingerprint density at radius 1 is 1.22 bits per heavy atom. The fraction of sp³-hybridized carbons (Fsp3) is 0.400. The van der Waals surface area contributed by atoms with Gasteiger partial charge in [-0.1, -0.05) is 31.5 Å². The van der Waals surface area contributed by atoms with Gasteiger partial charge in [-0.15, -0.1) is 0 Å². The molecule has 2 aromatic rings. The number of hydrogen-bond donors (Lipinski definition) is 1. The molecule has 3 heteroatoms. The number of rotatable bonds is 3. The standard InChI is InChI=1S/C15H21N3/c1-11-5-6-13(12(2)9-11)18-8-7-14(17-18)15(3,4)10-16/h5-9H,10,16H2,1-4H3. The molecular formula is C15H21N3. The molecule has 1 heterocycles. The summed E-state index contributed by atoms with van der Waals surface area (Å²) in [7, 11) is 0. The van der Waals surface area contributed by atoms with Gasteiger partial charge in [0, 0.05) is 18.2 Å². The lowest BCUT2D eigenvalue weighted by molar-refractivity contribution is 0.515. The van der Waals surface area contributed by atoms with Gasteiger partial charge in [0.05, 0.1) is 11.4 Å². The Labute approximate surface area is 109 Å². The van der Waals surface area contributed by atoms with Gasteiger partial charge in [0.25, 0.3) is 0 Å². The van der Waals surface area contributed by atoms with Gasteiger partial charge in [-0.3, -0.25) is 0 Å². The molecule has 0 saturated carbocycles. The highest BCUT2D eigenvalue weighted by Gasteiger charge is 2.21. The Kier molecular flexibility index (Phi) is 3.26. The van der Waals surface area contributed by atoms with Crippen molar-refractivity contribution in [2.75, 3.05) is 6.54 Å². The summed E-state index contributed by atoms with van der Waals surface area (Å²) in [6.07, 6.45) is 2.00. The zero-order chi connectivity index (χ0) is 13.3. The van der Waals surface area contributed by atoms with Crippen molar-refractivity contribution in [2.24, 2.45) is 5.73 Å². The second kappa shape index (κ2) is 4.58. The smallest absolute Gasteiger partial charge is 0.0697 e. The first-order valence-electron chi connectivity index (χ1n) is 6.28. The van der Waals surface area contributed by atoms with E-state index < -0.39 is 0 Å². The first-order chi connectivity index (χ1) is 8.44. The van der Waals surface area contributed by atoms with Crippen LogP contribution in [0.15, 0.2) is 30.5 Å². The fourth-order valence-corrected chi connectivity index (χ4v) is 1.99. The summed E-state index contributed by atoms with van der Waals surface area (Å²) in [5.74, 6) is 0. The number of nitrogens with zero attached hydrogens (tertiary/aromatic N) is 2. The van der Waals surface area contributed by atoms with Crippen molar-refractivity contribution in [3.63, 3.8) is 0 Å². The summed E-state index contributed by atoms with van der Waals surface area (Å²) in [5, 5.41) is 4.65. The molecule has 0 aliphatic rings. The van der Waals surface area contributed by atoms with Crippen LogP contribution in [0.5, 0.6) is 0 Å². The molecule has 18 heavy (non-hydrogen) atoms. The molecule has 1 aromatic heterocycles. The molecule has 0 unspecified atom stereocenters. The molecule has 0 aliphatic heterocycles. The van der Waals surface area contributed by atoms with E-state index in [4.69, 9.17) is 5.73 Å². The Hall–Kier alpha value is -1.61. The van der Waals surface area contributed by atoms with E-state index in [0.717, 1.165) is 11.4 Å². The summed E-state index contributed by atoms with van der Waals surface area (Å²) >= 11 is 0. The summed E-state index contributed by atoms with van der Waals surface area (Å²) in [6.45, 7) is 9.03. The second-order valence-electron chi connectivity index (χ2n) is 5.52. The van der Waals surface area contributed by atoms with Crippen LogP contribution in [0.4, 0.5) is 0 Å². The van der Waals surface area contributed by atoms with Crippen molar-refractivity contribution in [1.29, 1.82) is 0 Å². The molecule has 0 saturated heterocycles. The number of aromatic nitrogens is 2. The maximum absolute atomic E-state index is 5.79. The summed E-state index contributed by atoms with van der Waals surface area (Å²) < 4.78 is 1.93. The monoisotopic (exact) mass is 243 g/mol. The SMILES string of the molecule is Cc1ccc(-n2ccc(C(C)(C)CN)n2)c(C)c1. The third kappa shape index (κ3) is 2.31. The van der Waals surface area contributed by atoms with E-state index in [-0.39, 0.29) is 5.41 Å². The summed E-state index contributed by atoms with van der Waals surface area (Å²) in [4.78, 5) is 0. The molecule has 0 radical (unpaired) electrons. The van der Waals surface area contributed by atoms with Crippen LogP contribution in [0.2, 0.25) is 0 Å². The molecule has 0 bridgehead atoms. The molecule has 0 fully saturated rings. The molecule has 0 amide bonds. The fourth-order valence-electron chi connectivity index (χ4n) is 1.99. The van der Waals surface area contributed by atoms with Crippen LogP contribution in [-0.4, -0.2) is 16.3 Å². The van der Waals surface area contributed by atoms with Crippen molar-refractivity contribution in [1.82, 2.24) is 9.78 Å². The van der Waals surface area contributed by atoms with Crippen LogP contribution in [0.1, 0.15) is 30.7 Å². The van der Waals surface area contributed by atoms with E-state index >= 15 is 0 Å². The molecule has 96 valence electrons. The molecular weight excluding hydrogens is 222 g/mol. The van der Waals surface area contributed by atoms with Crippen LogP contribution in [-0.2, 0) is 5.41 Å². The molecule has 2 rings (SSSR count). The lowest BCUT2D eigenvalue weighted by Gasteiger charge is -2.19. The molecule has 3 nitrogen and oxygen atoms in total.